The molecule has 0 radical (unpaired) electrons. The Morgan fingerprint density at radius 1 is 1.00 bits per heavy atom. The van der Waals surface area contributed by atoms with Crippen LogP contribution >= 0.6 is 0 Å². The van der Waals surface area contributed by atoms with Crippen LogP contribution in [0.1, 0.15) is 38.5 Å². The van der Waals surface area contributed by atoms with Gasteiger partial charge in [-0.3, -0.25) is 14.3 Å². The van der Waals surface area contributed by atoms with Gasteiger partial charge in [-0.2, -0.15) is 0 Å². The van der Waals surface area contributed by atoms with Gasteiger partial charge in [-0.05, 0) is 68.4 Å². The van der Waals surface area contributed by atoms with Crippen LogP contribution in [0.3, 0.4) is 0 Å². The molecular weight excluding hydrogens is 378 g/mol. The molecule has 0 spiro atoms. The highest BCUT2D eigenvalue weighted by molar-refractivity contribution is 7.92. The predicted molar refractivity (Wildman–Crippen MR) is 107 cm³/mol. The molecule has 0 aromatic heterocycles. The summed E-state index contributed by atoms with van der Waals surface area (Å²) in [5, 5.41) is 5.52. The Hall–Kier alpha value is -2.09. The third kappa shape index (κ3) is 4.01. The molecular formula is C20H27N3O4S. The van der Waals surface area contributed by atoms with Gasteiger partial charge in [0.25, 0.3) is 0 Å². The molecule has 0 aliphatic heterocycles. The van der Waals surface area contributed by atoms with E-state index in [2.05, 4.69) is 15.4 Å². The molecule has 4 fully saturated rings. The predicted octanol–water partition coefficient (Wildman–Crippen LogP) is 2.33. The highest BCUT2D eigenvalue weighted by Gasteiger charge is 2.54. The normalized spacial score (nSPS) is 30.7. The summed E-state index contributed by atoms with van der Waals surface area (Å²) in [6, 6.07) is 6.58. The van der Waals surface area contributed by atoms with Gasteiger partial charge in [-0.25, -0.2) is 8.42 Å². The lowest BCUT2D eigenvalue weighted by Gasteiger charge is -2.55. The maximum Gasteiger partial charge on any atom is 0.243 e. The van der Waals surface area contributed by atoms with Crippen molar-refractivity contribution in [1.29, 1.82) is 0 Å². The van der Waals surface area contributed by atoms with Gasteiger partial charge in [-0.1, -0.05) is 12.1 Å². The summed E-state index contributed by atoms with van der Waals surface area (Å²) < 4.78 is 25.3. The highest BCUT2D eigenvalue weighted by Crippen LogP contribution is 2.60. The molecule has 1 aromatic rings. The summed E-state index contributed by atoms with van der Waals surface area (Å²) in [6.45, 7) is -0.117. The number of hydrogen-bond donors (Lipinski definition) is 3. The number of anilines is 2. The van der Waals surface area contributed by atoms with E-state index in [0.717, 1.165) is 25.5 Å². The van der Waals surface area contributed by atoms with Crippen LogP contribution in [0.25, 0.3) is 0 Å². The summed E-state index contributed by atoms with van der Waals surface area (Å²) >= 11 is 0. The van der Waals surface area contributed by atoms with Crippen molar-refractivity contribution >= 4 is 33.2 Å². The van der Waals surface area contributed by atoms with Crippen LogP contribution in [-0.2, 0) is 19.6 Å². The Bertz CT molecular complexity index is 861. The molecule has 4 saturated carbocycles. The van der Waals surface area contributed by atoms with Gasteiger partial charge in [-0.15, -0.1) is 0 Å². The van der Waals surface area contributed by atoms with E-state index >= 15 is 0 Å². The van der Waals surface area contributed by atoms with Gasteiger partial charge in [0.15, 0.2) is 0 Å². The van der Waals surface area contributed by atoms with E-state index in [1.165, 1.54) is 19.3 Å². The number of para-hydroxylation sites is 2. The number of nitrogens with one attached hydrogen (secondary N) is 3. The van der Waals surface area contributed by atoms with Crippen molar-refractivity contribution in [1.82, 2.24) is 5.32 Å². The number of sulfonamides is 1. The van der Waals surface area contributed by atoms with Crippen LogP contribution in [0, 0.1) is 23.2 Å². The van der Waals surface area contributed by atoms with Crippen LogP contribution in [0.5, 0.6) is 0 Å². The Morgan fingerprint density at radius 2 is 1.54 bits per heavy atom. The Morgan fingerprint density at radius 3 is 2.07 bits per heavy atom. The quantitative estimate of drug-likeness (QED) is 0.676. The second-order valence-corrected chi connectivity index (χ2v) is 10.6. The Labute approximate surface area is 165 Å². The van der Waals surface area contributed by atoms with Crippen LogP contribution in [0.4, 0.5) is 11.4 Å². The molecule has 0 unspecified atom stereocenters. The minimum Gasteiger partial charge on any atom is -0.347 e. The molecule has 4 aliphatic carbocycles. The molecule has 8 heteroatoms. The second-order valence-electron chi connectivity index (χ2n) is 8.85. The second kappa shape index (κ2) is 7.06. The van der Waals surface area contributed by atoms with E-state index in [4.69, 9.17) is 0 Å². The van der Waals surface area contributed by atoms with E-state index in [9.17, 15) is 18.0 Å². The van der Waals surface area contributed by atoms with E-state index in [1.807, 2.05) is 0 Å². The zero-order chi connectivity index (χ0) is 19.9. The molecule has 5 rings (SSSR count). The summed E-state index contributed by atoms with van der Waals surface area (Å²) in [5.74, 6) is 1.63. The lowest BCUT2D eigenvalue weighted by Crippen LogP contribution is -2.54. The number of rotatable bonds is 6. The zero-order valence-electron chi connectivity index (χ0n) is 16.0. The number of amides is 2. The molecule has 7 nitrogen and oxygen atoms in total. The van der Waals surface area contributed by atoms with Crippen molar-refractivity contribution in [2.24, 2.45) is 23.2 Å². The molecule has 3 N–H and O–H groups in total. The maximum absolute atomic E-state index is 12.9. The largest absolute Gasteiger partial charge is 0.347 e. The van der Waals surface area contributed by atoms with Gasteiger partial charge in [0.05, 0.1) is 24.2 Å². The van der Waals surface area contributed by atoms with Crippen LogP contribution in [0.2, 0.25) is 0 Å². The summed E-state index contributed by atoms with van der Waals surface area (Å²) in [5.41, 5.74) is 0.373. The van der Waals surface area contributed by atoms with Crippen LogP contribution < -0.4 is 15.4 Å². The summed E-state index contributed by atoms with van der Waals surface area (Å²) in [7, 11) is -3.46. The molecule has 1 aromatic carbocycles. The molecule has 4 bridgehead atoms. The van der Waals surface area contributed by atoms with Gasteiger partial charge in [0.1, 0.15) is 0 Å². The summed E-state index contributed by atoms with van der Waals surface area (Å²) in [6.07, 6.45) is 7.69. The first kappa shape index (κ1) is 19.2. The molecule has 0 heterocycles. The molecule has 0 saturated heterocycles. The van der Waals surface area contributed by atoms with Gasteiger partial charge in [0, 0.05) is 5.41 Å². The number of benzene rings is 1. The van der Waals surface area contributed by atoms with Crippen LogP contribution in [0.15, 0.2) is 24.3 Å². The Kier molecular flexibility index (Phi) is 4.85. The molecule has 4 aliphatic rings. The van der Waals surface area contributed by atoms with E-state index in [1.54, 1.807) is 24.3 Å². The third-order valence-corrected chi connectivity index (χ3v) is 7.02. The topological polar surface area (TPSA) is 104 Å². The van der Waals surface area contributed by atoms with Crippen LogP contribution in [-0.4, -0.2) is 33.0 Å². The molecule has 0 atom stereocenters. The van der Waals surface area contributed by atoms with E-state index in [0.29, 0.717) is 29.1 Å². The highest BCUT2D eigenvalue weighted by atomic mass is 32.2. The number of carbonyl (C=O) groups is 2. The SMILES string of the molecule is CS(=O)(=O)Nc1ccccc1NC(=O)CNC(=O)C12CC3CC(CC(C3)C1)C2. The Balaban J connectivity index is 1.36. The van der Waals surface area contributed by atoms with Gasteiger partial charge >= 0.3 is 0 Å². The monoisotopic (exact) mass is 405 g/mol. The molecule has 28 heavy (non-hydrogen) atoms. The number of carbonyl (C=O) groups excluding carboxylic acids is 2. The first-order valence-corrected chi connectivity index (χ1v) is 11.8. The lowest BCUT2D eigenvalue weighted by atomic mass is 9.49. The minimum absolute atomic E-state index is 0.00398. The fourth-order valence-electron chi connectivity index (χ4n) is 5.81. The number of hydrogen-bond acceptors (Lipinski definition) is 4. The maximum atomic E-state index is 12.9. The van der Waals surface area contributed by atoms with Crippen molar-refractivity contribution in [3.05, 3.63) is 24.3 Å². The average molecular weight is 406 g/mol. The van der Waals surface area contributed by atoms with E-state index in [-0.39, 0.29) is 23.8 Å². The first-order chi connectivity index (χ1) is 13.2. The summed E-state index contributed by atoms with van der Waals surface area (Å²) in [4.78, 5) is 25.3. The van der Waals surface area contributed by atoms with Gasteiger partial charge in [0.2, 0.25) is 21.8 Å². The fourth-order valence-corrected chi connectivity index (χ4v) is 6.39. The van der Waals surface area contributed by atoms with Crippen molar-refractivity contribution in [3.8, 4) is 0 Å². The van der Waals surface area contributed by atoms with E-state index < -0.39 is 10.0 Å². The van der Waals surface area contributed by atoms with Crippen molar-refractivity contribution in [3.63, 3.8) is 0 Å². The minimum atomic E-state index is -3.46. The fraction of sp³-hybridized carbons (Fsp3) is 0.600. The smallest absolute Gasteiger partial charge is 0.243 e. The van der Waals surface area contributed by atoms with Crippen molar-refractivity contribution < 1.29 is 18.0 Å². The molecule has 152 valence electrons. The molecule has 2 amide bonds. The average Bonchev–Trinajstić information content (AvgIpc) is 2.59. The zero-order valence-corrected chi connectivity index (χ0v) is 16.8. The first-order valence-electron chi connectivity index (χ1n) is 9.87. The van der Waals surface area contributed by atoms with Crippen molar-refractivity contribution in [2.75, 3.05) is 22.8 Å². The van der Waals surface area contributed by atoms with Gasteiger partial charge < -0.3 is 10.6 Å². The third-order valence-electron chi connectivity index (χ3n) is 6.43. The lowest BCUT2D eigenvalue weighted by molar-refractivity contribution is -0.146. The standard InChI is InChI=1S/C20H27N3O4S/c1-28(26,27)23-17-5-3-2-4-16(17)22-18(24)12-21-19(25)20-9-13-6-14(10-20)8-15(7-13)11-20/h2-5,13-15,23H,6-12H2,1H3,(H,21,25)(H,22,24). The van der Waals surface area contributed by atoms with Crippen molar-refractivity contribution in [2.45, 2.75) is 38.5 Å².